The van der Waals surface area contributed by atoms with Crippen molar-refractivity contribution in [2.45, 2.75) is 25.7 Å². The molecule has 0 aromatic heterocycles. The molecule has 0 spiro atoms. The van der Waals surface area contributed by atoms with E-state index in [0.717, 1.165) is 6.54 Å². The monoisotopic (exact) mass is 223 g/mol. The van der Waals surface area contributed by atoms with Crippen molar-refractivity contribution in [3.8, 4) is 0 Å². The van der Waals surface area contributed by atoms with E-state index < -0.39 is 0 Å². The molecule has 1 aromatic rings. The van der Waals surface area contributed by atoms with E-state index in [-0.39, 0.29) is 12.4 Å². The molecule has 0 atom stereocenters. The highest BCUT2D eigenvalue weighted by Crippen LogP contribution is 2.73. The molecular formula is C13H18ClN. The Bertz CT molecular complexity index is 327. The first-order valence-electron chi connectivity index (χ1n) is 5.50. The van der Waals surface area contributed by atoms with Gasteiger partial charge < -0.3 is 5.73 Å². The molecular weight excluding hydrogens is 206 g/mol. The van der Waals surface area contributed by atoms with E-state index in [0.29, 0.717) is 10.8 Å². The fourth-order valence-corrected chi connectivity index (χ4v) is 3.66. The molecule has 3 fully saturated rings. The lowest BCUT2D eigenvalue weighted by Crippen LogP contribution is -2.65. The molecule has 3 aliphatic carbocycles. The van der Waals surface area contributed by atoms with Crippen molar-refractivity contribution in [1.82, 2.24) is 0 Å². The summed E-state index contributed by atoms with van der Waals surface area (Å²) < 4.78 is 0. The average molecular weight is 224 g/mol. The third-order valence-electron chi connectivity index (χ3n) is 4.10. The lowest BCUT2D eigenvalue weighted by molar-refractivity contribution is -0.195. The van der Waals surface area contributed by atoms with Crippen molar-refractivity contribution < 1.29 is 0 Å². The molecule has 1 nitrogen and oxygen atoms in total. The minimum absolute atomic E-state index is 0. The van der Waals surface area contributed by atoms with Gasteiger partial charge in [-0.25, -0.2) is 0 Å². The Hall–Kier alpha value is -0.530. The van der Waals surface area contributed by atoms with Crippen molar-refractivity contribution in [3.63, 3.8) is 0 Å². The first-order chi connectivity index (χ1) is 6.76. The summed E-state index contributed by atoms with van der Waals surface area (Å²) >= 11 is 0. The summed E-state index contributed by atoms with van der Waals surface area (Å²) in [5.74, 6) is 0. The molecule has 2 bridgehead atoms. The average Bonchev–Trinajstić information content (AvgIpc) is 2.10. The van der Waals surface area contributed by atoms with Gasteiger partial charge >= 0.3 is 0 Å². The Morgan fingerprint density at radius 1 is 1.00 bits per heavy atom. The molecule has 2 heteroatoms. The van der Waals surface area contributed by atoms with Crippen LogP contribution in [0.15, 0.2) is 30.3 Å². The van der Waals surface area contributed by atoms with Crippen LogP contribution in [0.2, 0.25) is 0 Å². The summed E-state index contributed by atoms with van der Waals surface area (Å²) in [4.78, 5) is 0. The molecule has 1 aromatic carbocycles. The Kier molecular flexibility index (Phi) is 2.56. The molecule has 4 rings (SSSR count). The van der Waals surface area contributed by atoms with Gasteiger partial charge in [0, 0.05) is 0 Å². The first kappa shape index (κ1) is 11.0. The minimum atomic E-state index is 0. The lowest BCUT2D eigenvalue weighted by atomic mass is 9.34. The van der Waals surface area contributed by atoms with E-state index in [2.05, 4.69) is 30.3 Å². The van der Waals surface area contributed by atoms with Crippen LogP contribution in [0, 0.1) is 10.8 Å². The standard InChI is InChI=1S/C13H17N.ClH/c14-10-13-7-12(8-13,9-13)6-11-4-2-1-3-5-11;/h1-5H,6-10,14H2;1H. The predicted octanol–water partition coefficient (Wildman–Crippen LogP) is 2.78. The zero-order valence-electron chi connectivity index (χ0n) is 8.91. The van der Waals surface area contributed by atoms with Crippen molar-refractivity contribution in [3.05, 3.63) is 35.9 Å². The number of hydrogen-bond acceptors (Lipinski definition) is 1. The summed E-state index contributed by atoms with van der Waals surface area (Å²) in [6.07, 6.45) is 5.41. The van der Waals surface area contributed by atoms with Crippen LogP contribution in [0.1, 0.15) is 24.8 Å². The molecule has 15 heavy (non-hydrogen) atoms. The molecule has 0 amide bonds. The third kappa shape index (κ3) is 1.58. The Morgan fingerprint density at radius 3 is 2.13 bits per heavy atom. The molecule has 0 saturated heterocycles. The number of halogens is 1. The lowest BCUT2D eigenvalue weighted by Gasteiger charge is -2.71. The Balaban J connectivity index is 0.000000853. The van der Waals surface area contributed by atoms with Crippen molar-refractivity contribution >= 4 is 12.4 Å². The van der Waals surface area contributed by atoms with Gasteiger partial charge in [-0.2, -0.15) is 0 Å². The van der Waals surface area contributed by atoms with E-state index >= 15 is 0 Å². The van der Waals surface area contributed by atoms with Crippen molar-refractivity contribution in [1.29, 1.82) is 0 Å². The van der Waals surface area contributed by atoms with Gasteiger partial charge in [0.15, 0.2) is 0 Å². The second kappa shape index (κ2) is 3.50. The smallest absolute Gasteiger partial charge is 0.00199 e. The minimum Gasteiger partial charge on any atom is -0.330 e. The van der Waals surface area contributed by atoms with Crippen molar-refractivity contribution in [2.24, 2.45) is 16.6 Å². The van der Waals surface area contributed by atoms with E-state index in [1.165, 1.54) is 31.2 Å². The summed E-state index contributed by atoms with van der Waals surface area (Å²) in [5.41, 5.74) is 8.49. The number of nitrogens with two attached hydrogens (primary N) is 1. The summed E-state index contributed by atoms with van der Waals surface area (Å²) in [6, 6.07) is 10.9. The van der Waals surface area contributed by atoms with Crippen LogP contribution >= 0.6 is 12.4 Å². The Labute approximate surface area is 97.5 Å². The van der Waals surface area contributed by atoms with E-state index in [4.69, 9.17) is 5.73 Å². The van der Waals surface area contributed by atoms with Gasteiger partial charge in [-0.15, -0.1) is 12.4 Å². The normalized spacial score (nSPS) is 36.1. The van der Waals surface area contributed by atoms with Crippen LogP contribution in [-0.4, -0.2) is 6.54 Å². The molecule has 82 valence electrons. The van der Waals surface area contributed by atoms with Gasteiger partial charge in [-0.1, -0.05) is 30.3 Å². The van der Waals surface area contributed by atoms with Gasteiger partial charge in [0.25, 0.3) is 0 Å². The Morgan fingerprint density at radius 2 is 1.60 bits per heavy atom. The highest BCUT2D eigenvalue weighted by molar-refractivity contribution is 5.85. The van der Waals surface area contributed by atoms with Crippen molar-refractivity contribution in [2.75, 3.05) is 6.54 Å². The van der Waals surface area contributed by atoms with Gasteiger partial charge in [0.1, 0.15) is 0 Å². The molecule has 3 aliphatic rings. The molecule has 0 unspecified atom stereocenters. The van der Waals surface area contributed by atoms with E-state index in [1.54, 1.807) is 0 Å². The predicted molar refractivity (Wildman–Crippen MR) is 65.2 cm³/mol. The number of rotatable bonds is 3. The number of hydrogen-bond donors (Lipinski definition) is 1. The fraction of sp³-hybridized carbons (Fsp3) is 0.538. The highest BCUT2D eigenvalue weighted by Gasteiger charge is 2.66. The van der Waals surface area contributed by atoms with E-state index in [9.17, 15) is 0 Å². The fourth-order valence-electron chi connectivity index (χ4n) is 3.66. The van der Waals surface area contributed by atoms with Crippen LogP contribution < -0.4 is 5.73 Å². The van der Waals surface area contributed by atoms with Gasteiger partial charge in [-0.05, 0) is 48.6 Å². The highest BCUT2D eigenvalue weighted by atomic mass is 35.5. The van der Waals surface area contributed by atoms with Crippen LogP contribution in [0.25, 0.3) is 0 Å². The maximum Gasteiger partial charge on any atom is -0.00199 e. The molecule has 0 aliphatic heterocycles. The van der Waals surface area contributed by atoms with Crippen LogP contribution in [0.3, 0.4) is 0 Å². The summed E-state index contributed by atoms with van der Waals surface area (Å²) in [6.45, 7) is 0.906. The summed E-state index contributed by atoms with van der Waals surface area (Å²) in [5, 5.41) is 0. The topological polar surface area (TPSA) is 26.0 Å². The molecule has 0 heterocycles. The van der Waals surface area contributed by atoms with Crippen LogP contribution in [0.4, 0.5) is 0 Å². The van der Waals surface area contributed by atoms with E-state index in [1.807, 2.05) is 0 Å². The van der Waals surface area contributed by atoms with Crippen LogP contribution in [0.5, 0.6) is 0 Å². The van der Waals surface area contributed by atoms with Gasteiger partial charge in [-0.3, -0.25) is 0 Å². The van der Waals surface area contributed by atoms with Gasteiger partial charge in [0.2, 0.25) is 0 Å². The number of benzene rings is 1. The molecule has 2 N–H and O–H groups in total. The maximum atomic E-state index is 5.76. The summed E-state index contributed by atoms with van der Waals surface area (Å²) in [7, 11) is 0. The first-order valence-corrected chi connectivity index (χ1v) is 5.50. The zero-order chi connectivity index (χ0) is 9.65. The largest absolute Gasteiger partial charge is 0.330 e. The molecule has 0 radical (unpaired) electrons. The maximum absolute atomic E-state index is 5.76. The second-order valence-electron chi connectivity index (χ2n) is 5.40. The third-order valence-corrected chi connectivity index (χ3v) is 4.10. The van der Waals surface area contributed by atoms with Crippen LogP contribution in [-0.2, 0) is 6.42 Å². The second-order valence-corrected chi connectivity index (χ2v) is 5.40. The SMILES string of the molecule is Cl.NCC12CC(Cc3ccccc3)(C1)C2. The molecule has 3 saturated carbocycles. The van der Waals surface area contributed by atoms with Gasteiger partial charge in [0.05, 0.1) is 0 Å². The zero-order valence-corrected chi connectivity index (χ0v) is 9.72. The quantitative estimate of drug-likeness (QED) is 0.838.